The van der Waals surface area contributed by atoms with Crippen molar-refractivity contribution in [1.29, 1.82) is 0 Å². The zero-order chi connectivity index (χ0) is 17.6. The van der Waals surface area contributed by atoms with Crippen molar-refractivity contribution in [2.45, 2.75) is 38.5 Å². The quantitative estimate of drug-likeness (QED) is 0.763. The highest BCUT2D eigenvalue weighted by molar-refractivity contribution is 5.55. The Morgan fingerprint density at radius 2 is 1.71 bits per heavy atom. The van der Waals surface area contributed by atoms with Gasteiger partial charge in [-0.2, -0.15) is 13.2 Å². The lowest BCUT2D eigenvalue weighted by molar-refractivity contribution is -0.206. The summed E-state index contributed by atoms with van der Waals surface area (Å²) in [7, 11) is 0. The Morgan fingerprint density at radius 3 is 2.25 bits per heavy atom. The van der Waals surface area contributed by atoms with Gasteiger partial charge in [-0.3, -0.25) is 0 Å². The molecule has 1 atom stereocenters. The first kappa shape index (κ1) is 18.2. The lowest BCUT2D eigenvalue weighted by atomic mass is 10.1. The summed E-state index contributed by atoms with van der Waals surface area (Å²) in [6, 6.07) is 7.01. The van der Waals surface area contributed by atoms with Gasteiger partial charge < -0.3 is 9.84 Å². The number of aliphatic hydroxyl groups excluding tert-OH is 1. The maximum absolute atomic E-state index is 12.4. The minimum atomic E-state index is -4.73. The topological polar surface area (TPSA) is 55.2 Å². The maximum atomic E-state index is 12.4. The second kappa shape index (κ2) is 8.10. The van der Waals surface area contributed by atoms with E-state index in [2.05, 4.69) is 16.9 Å². The molecule has 2 rings (SSSR count). The summed E-state index contributed by atoms with van der Waals surface area (Å²) in [6.07, 6.45) is -2.12. The van der Waals surface area contributed by atoms with E-state index in [4.69, 9.17) is 9.84 Å². The summed E-state index contributed by atoms with van der Waals surface area (Å²) in [5.41, 5.74) is 0.270. The van der Waals surface area contributed by atoms with Crippen LogP contribution in [0.25, 0.3) is 11.4 Å². The molecular weight excluding hydrogens is 321 g/mol. The number of hydrogen-bond acceptors (Lipinski definition) is 4. The number of rotatable bonds is 7. The Kier molecular flexibility index (Phi) is 6.14. The highest BCUT2D eigenvalue weighted by Crippen LogP contribution is 2.32. The molecule has 1 aromatic carbocycles. The first-order valence-electron chi connectivity index (χ1n) is 7.71. The van der Waals surface area contributed by atoms with E-state index in [-0.39, 0.29) is 11.4 Å². The number of unbranched alkanes of at least 4 members (excludes halogenated alkanes) is 2. The van der Waals surface area contributed by atoms with Crippen LogP contribution in [-0.4, -0.2) is 27.9 Å². The van der Waals surface area contributed by atoms with Crippen LogP contribution in [0.3, 0.4) is 0 Å². The third kappa shape index (κ3) is 4.92. The molecule has 0 fully saturated rings. The minimum Gasteiger partial charge on any atom is -0.494 e. The van der Waals surface area contributed by atoms with Gasteiger partial charge in [-0.15, -0.1) is 0 Å². The van der Waals surface area contributed by atoms with Crippen molar-refractivity contribution in [2.24, 2.45) is 0 Å². The van der Waals surface area contributed by atoms with Crippen molar-refractivity contribution in [1.82, 2.24) is 9.97 Å². The number of hydrogen-bond donors (Lipinski definition) is 1. The predicted molar refractivity (Wildman–Crippen MR) is 83.5 cm³/mol. The average Bonchev–Trinajstić information content (AvgIpc) is 2.58. The van der Waals surface area contributed by atoms with Crippen LogP contribution < -0.4 is 4.74 Å². The number of halogens is 3. The van der Waals surface area contributed by atoms with Gasteiger partial charge >= 0.3 is 6.18 Å². The molecule has 0 radical (unpaired) electrons. The van der Waals surface area contributed by atoms with E-state index in [9.17, 15) is 13.2 Å². The largest absolute Gasteiger partial charge is 0.494 e. The van der Waals surface area contributed by atoms with Crippen LogP contribution >= 0.6 is 0 Å². The first-order valence-corrected chi connectivity index (χ1v) is 7.71. The van der Waals surface area contributed by atoms with Gasteiger partial charge in [-0.05, 0) is 30.7 Å². The monoisotopic (exact) mass is 340 g/mol. The summed E-state index contributed by atoms with van der Waals surface area (Å²) in [4.78, 5) is 7.78. The SMILES string of the molecule is CCCCCOc1ccc(-c2ncc(C(O)C(F)(F)F)cn2)cc1. The van der Waals surface area contributed by atoms with Gasteiger partial charge in [0.15, 0.2) is 11.9 Å². The maximum Gasteiger partial charge on any atom is 0.418 e. The van der Waals surface area contributed by atoms with E-state index < -0.39 is 12.3 Å². The van der Waals surface area contributed by atoms with Gasteiger partial charge in [-0.1, -0.05) is 19.8 Å². The predicted octanol–water partition coefficient (Wildman–Crippen LogP) is 4.31. The molecule has 0 aliphatic heterocycles. The average molecular weight is 340 g/mol. The molecule has 1 unspecified atom stereocenters. The van der Waals surface area contributed by atoms with Gasteiger partial charge in [0.2, 0.25) is 0 Å². The van der Waals surface area contributed by atoms with Crippen molar-refractivity contribution < 1.29 is 23.0 Å². The summed E-state index contributed by atoms with van der Waals surface area (Å²) in [5.74, 6) is 1.00. The standard InChI is InChI=1S/C17H19F3N2O2/c1-2-3-4-9-24-14-7-5-12(6-8-14)16-21-10-13(11-22-16)15(23)17(18,19)20/h5-8,10-11,15,23H,2-4,9H2,1H3. The molecular formula is C17H19F3N2O2. The Balaban J connectivity index is 2.01. The van der Waals surface area contributed by atoms with Crippen LogP contribution in [0.1, 0.15) is 37.9 Å². The van der Waals surface area contributed by atoms with Crippen molar-refractivity contribution >= 4 is 0 Å². The molecule has 1 aromatic heterocycles. The second-order valence-electron chi connectivity index (χ2n) is 5.36. The van der Waals surface area contributed by atoms with Crippen LogP contribution in [-0.2, 0) is 0 Å². The van der Waals surface area contributed by atoms with Gasteiger partial charge in [-0.25, -0.2) is 9.97 Å². The molecule has 130 valence electrons. The van der Waals surface area contributed by atoms with Crippen molar-refractivity contribution in [3.8, 4) is 17.1 Å². The molecule has 1 N–H and O–H groups in total. The van der Waals surface area contributed by atoms with E-state index >= 15 is 0 Å². The van der Waals surface area contributed by atoms with E-state index in [1.165, 1.54) is 0 Å². The van der Waals surface area contributed by atoms with Gasteiger partial charge in [0, 0.05) is 23.5 Å². The van der Waals surface area contributed by atoms with E-state index in [0.717, 1.165) is 37.4 Å². The molecule has 2 aromatic rings. The Bertz CT molecular complexity index is 628. The molecule has 0 amide bonds. The van der Waals surface area contributed by atoms with Crippen molar-refractivity contribution in [2.75, 3.05) is 6.61 Å². The number of nitrogens with zero attached hydrogens (tertiary/aromatic N) is 2. The smallest absolute Gasteiger partial charge is 0.418 e. The van der Waals surface area contributed by atoms with Gasteiger partial charge in [0.25, 0.3) is 0 Å². The third-order valence-electron chi connectivity index (χ3n) is 3.43. The normalized spacial score (nSPS) is 12.9. The summed E-state index contributed by atoms with van der Waals surface area (Å²) in [5, 5.41) is 9.15. The Morgan fingerprint density at radius 1 is 1.08 bits per heavy atom. The molecule has 24 heavy (non-hydrogen) atoms. The minimum absolute atomic E-state index is 0.283. The zero-order valence-electron chi connectivity index (χ0n) is 13.3. The van der Waals surface area contributed by atoms with Crippen LogP contribution in [0.4, 0.5) is 13.2 Å². The molecule has 0 bridgehead atoms. The Hall–Kier alpha value is -2.15. The van der Waals surface area contributed by atoms with Crippen LogP contribution in [0.2, 0.25) is 0 Å². The van der Waals surface area contributed by atoms with Crippen molar-refractivity contribution in [3.63, 3.8) is 0 Å². The summed E-state index contributed by atoms with van der Waals surface area (Å²) in [6.45, 7) is 2.77. The Labute approximate surface area is 138 Å². The van der Waals surface area contributed by atoms with E-state index in [1.807, 2.05) is 0 Å². The number of ether oxygens (including phenoxy) is 1. The third-order valence-corrected chi connectivity index (χ3v) is 3.43. The molecule has 0 saturated heterocycles. The lowest BCUT2D eigenvalue weighted by Crippen LogP contribution is -2.20. The number of alkyl halides is 3. The number of benzene rings is 1. The summed E-state index contributed by atoms with van der Waals surface area (Å²) < 4.78 is 42.9. The lowest BCUT2D eigenvalue weighted by Gasteiger charge is -2.14. The first-order chi connectivity index (χ1) is 11.4. The fraction of sp³-hybridized carbons (Fsp3) is 0.412. The second-order valence-corrected chi connectivity index (χ2v) is 5.36. The van der Waals surface area contributed by atoms with Gasteiger partial charge in [0.05, 0.1) is 6.61 Å². The zero-order valence-corrected chi connectivity index (χ0v) is 13.3. The van der Waals surface area contributed by atoms with Crippen LogP contribution in [0.15, 0.2) is 36.7 Å². The fourth-order valence-electron chi connectivity index (χ4n) is 2.06. The fourth-order valence-corrected chi connectivity index (χ4v) is 2.06. The van der Waals surface area contributed by atoms with Crippen LogP contribution in [0.5, 0.6) is 5.75 Å². The molecule has 0 aliphatic rings. The number of aromatic nitrogens is 2. The van der Waals surface area contributed by atoms with Gasteiger partial charge in [0.1, 0.15) is 5.75 Å². The van der Waals surface area contributed by atoms with E-state index in [0.29, 0.717) is 12.2 Å². The van der Waals surface area contributed by atoms with Crippen molar-refractivity contribution in [3.05, 3.63) is 42.2 Å². The molecule has 4 nitrogen and oxygen atoms in total. The summed E-state index contributed by atoms with van der Waals surface area (Å²) >= 11 is 0. The highest BCUT2D eigenvalue weighted by Gasteiger charge is 2.39. The molecule has 7 heteroatoms. The molecule has 0 aliphatic carbocycles. The molecule has 1 heterocycles. The highest BCUT2D eigenvalue weighted by atomic mass is 19.4. The molecule has 0 saturated carbocycles. The molecule has 0 spiro atoms. The number of aliphatic hydroxyl groups is 1. The van der Waals surface area contributed by atoms with Crippen LogP contribution in [0, 0.1) is 0 Å². The van der Waals surface area contributed by atoms with E-state index in [1.54, 1.807) is 24.3 Å².